The number of ketones is 1. The molecule has 1 atom stereocenters. The Balaban J connectivity index is 1.44. The molecule has 39 heavy (non-hydrogen) atoms. The average molecular weight is 524 g/mol. The van der Waals surface area contributed by atoms with Crippen LogP contribution in [0.4, 0.5) is 0 Å². The lowest BCUT2D eigenvalue weighted by molar-refractivity contribution is -0.135. The molecule has 0 radical (unpaired) electrons. The molecule has 9 heteroatoms. The van der Waals surface area contributed by atoms with Gasteiger partial charge in [-0.15, -0.1) is 0 Å². The van der Waals surface area contributed by atoms with Gasteiger partial charge in [-0.3, -0.25) is 14.4 Å². The molecule has 0 bridgehead atoms. The van der Waals surface area contributed by atoms with Crippen LogP contribution in [-0.4, -0.2) is 31.9 Å². The minimum Gasteiger partial charge on any atom is -0.497 e. The fourth-order valence-corrected chi connectivity index (χ4v) is 4.85. The van der Waals surface area contributed by atoms with Crippen molar-refractivity contribution in [1.82, 2.24) is 0 Å². The number of hydrogen-bond donors (Lipinski definition) is 0. The number of benzene rings is 3. The lowest BCUT2D eigenvalue weighted by Crippen LogP contribution is -2.25. The monoisotopic (exact) mass is 524 g/mol. The fraction of sp³-hybridized carbons (Fsp3) is 0.133. The van der Waals surface area contributed by atoms with Crippen molar-refractivity contribution in [3.05, 3.63) is 105 Å². The van der Waals surface area contributed by atoms with E-state index in [9.17, 15) is 19.2 Å². The molecule has 0 aliphatic carbocycles. The van der Waals surface area contributed by atoms with Crippen LogP contribution in [0.15, 0.2) is 75.8 Å². The van der Waals surface area contributed by atoms with Gasteiger partial charge in [0, 0.05) is 17.0 Å². The number of carbonyl (C=O) groups excluding carboxylic acids is 3. The summed E-state index contributed by atoms with van der Waals surface area (Å²) in [5, 5.41) is 0.299. The van der Waals surface area contributed by atoms with E-state index in [2.05, 4.69) is 0 Å². The standard InChI is InChI=1S/C30H20O9/c1-35-17-7-9-22-20(12-17)27(32)21(14-37-22)19-13-25(31)38-23-10-8-18-28(33)24(39-29(18)26(19)23)11-15-3-5-16(6-4-15)30(34)36-2/h3-12,14,19H,13H2,1-2H3/b24-11-/t19-/m0/s1. The molecule has 6 rings (SSSR count). The summed E-state index contributed by atoms with van der Waals surface area (Å²) in [5.41, 5.74) is 1.96. The summed E-state index contributed by atoms with van der Waals surface area (Å²) in [5.74, 6) is -1.17. The number of Topliss-reactive ketones (excluding diaryl/α,β-unsaturated/α-hetero) is 1. The van der Waals surface area contributed by atoms with Crippen LogP contribution in [0.1, 0.15) is 49.7 Å². The van der Waals surface area contributed by atoms with Crippen molar-refractivity contribution in [2.75, 3.05) is 14.2 Å². The van der Waals surface area contributed by atoms with E-state index >= 15 is 0 Å². The first kappa shape index (κ1) is 24.2. The number of methoxy groups -OCH3 is 2. The zero-order valence-corrected chi connectivity index (χ0v) is 20.8. The number of carbonyl (C=O) groups is 3. The minimum absolute atomic E-state index is 0.0511. The van der Waals surface area contributed by atoms with Crippen LogP contribution in [-0.2, 0) is 9.53 Å². The van der Waals surface area contributed by atoms with Crippen molar-refractivity contribution in [2.45, 2.75) is 12.3 Å². The minimum atomic E-state index is -0.769. The zero-order valence-electron chi connectivity index (χ0n) is 20.8. The van der Waals surface area contributed by atoms with Crippen molar-refractivity contribution < 1.29 is 37.7 Å². The molecule has 0 spiro atoms. The van der Waals surface area contributed by atoms with E-state index in [0.717, 1.165) is 0 Å². The Bertz CT molecular complexity index is 1780. The van der Waals surface area contributed by atoms with Gasteiger partial charge in [0.05, 0.1) is 43.4 Å². The largest absolute Gasteiger partial charge is 0.497 e. The number of esters is 2. The van der Waals surface area contributed by atoms with Gasteiger partial charge in [0.25, 0.3) is 0 Å². The van der Waals surface area contributed by atoms with Gasteiger partial charge in [-0.2, -0.15) is 0 Å². The molecule has 194 valence electrons. The summed E-state index contributed by atoms with van der Waals surface area (Å²) in [6.45, 7) is 0. The maximum absolute atomic E-state index is 13.6. The SMILES string of the molecule is COC(=O)c1ccc(/C=C2\Oc3c(ccc4c3[C@H](c3coc5ccc(OC)cc5c3=O)CC(=O)O4)C2=O)cc1. The first-order valence-electron chi connectivity index (χ1n) is 12.0. The molecule has 0 N–H and O–H groups in total. The van der Waals surface area contributed by atoms with Crippen molar-refractivity contribution in [2.24, 2.45) is 0 Å². The molecule has 2 aliphatic rings. The van der Waals surface area contributed by atoms with Gasteiger partial charge < -0.3 is 23.4 Å². The van der Waals surface area contributed by atoms with Crippen molar-refractivity contribution >= 4 is 34.8 Å². The molecule has 1 aromatic heterocycles. The average Bonchev–Trinajstić information content (AvgIpc) is 3.27. The second kappa shape index (κ2) is 9.29. The third-order valence-electron chi connectivity index (χ3n) is 6.79. The second-order valence-corrected chi connectivity index (χ2v) is 9.02. The van der Waals surface area contributed by atoms with E-state index < -0.39 is 17.9 Å². The molecule has 0 fully saturated rings. The van der Waals surface area contributed by atoms with Crippen LogP contribution < -0.4 is 19.6 Å². The topological polar surface area (TPSA) is 118 Å². The third-order valence-corrected chi connectivity index (χ3v) is 6.79. The first-order chi connectivity index (χ1) is 18.9. The van der Waals surface area contributed by atoms with Gasteiger partial charge in [-0.25, -0.2) is 4.79 Å². The number of hydrogen-bond acceptors (Lipinski definition) is 9. The smallest absolute Gasteiger partial charge is 0.337 e. The number of ether oxygens (including phenoxy) is 4. The number of rotatable bonds is 4. The van der Waals surface area contributed by atoms with Gasteiger partial charge in [0.1, 0.15) is 22.8 Å². The molecule has 0 unspecified atom stereocenters. The van der Waals surface area contributed by atoms with E-state index in [4.69, 9.17) is 23.4 Å². The predicted molar refractivity (Wildman–Crippen MR) is 138 cm³/mol. The lowest BCUT2D eigenvalue weighted by Gasteiger charge is -2.25. The summed E-state index contributed by atoms with van der Waals surface area (Å²) < 4.78 is 27.2. The Morgan fingerprint density at radius 3 is 2.51 bits per heavy atom. The molecule has 3 heterocycles. The molecule has 0 saturated heterocycles. The van der Waals surface area contributed by atoms with Crippen LogP contribution in [0.5, 0.6) is 17.2 Å². The molecule has 4 aromatic rings. The highest BCUT2D eigenvalue weighted by atomic mass is 16.5. The first-order valence-corrected chi connectivity index (χ1v) is 12.0. The maximum Gasteiger partial charge on any atom is 0.337 e. The van der Waals surface area contributed by atoms with Gasteiger partial charge in [0.2, 0.25) is 5.78 Å². The Hall–Kier alpha value is -5.18. The molecular weight excluding hydrogens is 504 g/mol. The molecule has 0 amide bonds. The van der Waals surface area contributed by atoms with Crippen LogP contribution in [0.25, 0.3) is 17.0 Å². The van der Waals surface area contributed by atoms with Gasteiger partial charge in [-0.1, -0.05) is 12.1 Å². The van der Waals surface area contributed by atoms with Crippen molar-refractivity contribution in [1.29, 1.82) is 0 Å². The van der Waals surface area contributed by atoms with E-state index in [0.29, 0.717) is 33.4 Å². The second-order valence-electron chi connectivity index (χ2n) is 9.02. The highest BCUT2D eigenvalue weighted by Crippen LogP contribution is 2.48. The number of allylic oxidation sites excluding steroid dienone is 1. The Morgan fingerprint density at radius 1 is 0.974 bits per heavy atom. The van der Waals surface area contributed by atoms with Crippen LogP contribution >= 0.6 is 0 Å². The van der Waals surface area contributed by atoms with Gasteiger partial charge >= 0.3 is 11.9 Å². The lowest BCUT2D eigenvalue weighted by atomic mass is 9.85. The Labute approximate surface area is 221 Å². The normalized spacial score (nSPS) is 16.9. The Morgan fingerprint density at radius 2 is 1.77 bits per heavy atom. The van der Waals surface area contributed by atoms with Gasteiger partial charge in [0.15, 0.2) is 11.2 Å². The molecule has 3 aromatic carbocycles. The summed E-state index contributed by atoms with van der Waals surface area (Å²) in [4.78, 5) is 51.1. The fourth-order valence-electron chi connectivity index (χ4n) is 4.85. The maximum atomic E-state index is 13.6. The van der Waals surface area contributed by atoms with E-state index in [1.54, 1.807) is 48.5 Å². The highest BCUT2D eigenvalue weighted by Gasteiger charge is 2.39. The summed E-state index contributed by atoms with van der Waals surface area (Å²) in [7, 11) is 2.79. The van der Waals surface area contributed by atoms with Gasteiger partial charge in [-0.05, 0) is 54.1 Å². The van der Waals surface area contributed by atoms with Crippen LogP contribution in [0, 0.1) is 0 Å². The quantitative estimate of drug-likeness (QED) is 0.214. The van der Waals surface area contributed by atoms with E-state index in [-0.39, 0.29) is 46.0 Å². The summed E-state index contributed by atoms with van der Waals surface area (Å²) >= 11 is 0. The summed E-state index contributed by atoms with van der Waals surface area (Å²) in [6, 6.07) is 14.4. The van der Waals surface area contributed by atoms with Crippen molar-refractivity contribution in [3.8, 4) is 17.2 Å². The Kier molecular flexibility index (Phi) is 5.76. The van der Waals surface area contributed by atoms with Crippen LogP contribution in [0.2, 0.25) is 0 Å². The molecule has 2 aliphatic heterocycles. The molecule has 9 nitrogen and oxygen atoms in total. The van der Waals surface area contributed by atoms with Crippen molar-refractivity contribution in [3.63, 3.8) is 0 Å². The molecular formula is C30H20O9. The predicted octanol–water partition coefficient (Wildman–Crippen LogP) is 4.65. The van der Waals surface area contributed by atoms with E-state index in [1.165, 1.54) is 32.6 Å². The zero-order chi connectivity index (χ0) is 27.3. The third kappa shape index (κ3) is 4.04. The number of fused-ring (bicyclic) bond motifs is 4. The molecule has 0 saturated carbocycles. The van der Waals surface area contributed by atoms with Crippen LogP contribution in [0.3, 0.4) is 0 Å². The highest BCUT2D eigenvalue weighted by molar-refractivity contribution is 6.15. The summed E-state index contributed by atoms with van der Waals surface area (Å²) in [6.07, 6.45) is 2.74. The van der Waals surface area contributed by atoms with E-state index in [1.807, 2.05) is 0 Å².